The lowest BCUT2D eigenvalue weighted by Crippen LogP contribution is -2.39. The first-order valence-electron chi connectivity index (χ1n) is 6.95. The van der Waals surface area contributed by atoms with Crippen molar-refractivity contribution in [2.45, 2.75) is 77.4 Å². The molecule has 0 aromatic heterocycles. The lowest BCUT2D eigenvalue weighted by molar-refractivity contribution is -0.0473. The van der Waals surface area contributed by atoms with E-state index in [1.807, 2.05) is 6.92 Å². The predicted molar refractivity (Wildman–Crippen MR) is 70.4 cm³/mol. The molecular formula is C14H25F2NO2. The second-order valence-corrected chi connectivity index (χ2v) is 6.58. The third-order valence-corrected chi connectivity index (χ3v) is 3.29. The van der Waals surface area contributed by atoms with Crippen LogP contribution in [0, 0.1) is 5.92 Å². The normalized spacial score (nSPS) is 21.8. The zero-order chi connectivity index (χ0) is 14.7. The Morgan fingerprint density at radius 1 is 1.37 bits per heavy atom. The van der Waals surface area contributed by atoms with Gasteiger partial charge in [-0.15, -0.1) is 0 Å². The quantitative estimate of drug-likeness (QED) is 0.843. The fraction of sp³-hybridized carbons (Fsp3) is 0.929. The van der Waals surface area contributed by atoms with Gasteiger partial charge in [-0.3, -0.25) is 0 Å². The smallest absolute Gasteiger partial charge is 0.407 e. The Balaban J connectivity index is 2.28. The van der Waals surface area contributed by atoms with Crippen molar-refractivity contribution in [1.82, 2.24) is 5.32 Å². The Morgan fingerprint density at radius 3 is 2.37 bits per heavy atom. The van der Waals surface area contributed by atoms with E-state index in [4.69, 9.17) is 4.74 Å². The predicted octanol–water partition coefficient (Wildman–Crippen LogP) is 4.12. The molecule has 1 rings (SSSR count). The highest BCUT2D eigenvalue weighted by Gasteiger charge is 2.35. The summed E-state index contributed by atoms with van der Waals surface area (Å²) in [5.41, 5.74) is -0.517. The Kier molecular flexibility index (Phi) is 5.16. The third-order valence-electron chi connectivity index (χ3n) is 3.29. The summed E-state index contributed by atoms with van der Waals surface area (Å²) in [6.45, 7) is 7.30. The Hall–Kier alpha value is -0.870. The Morgan fingerprint density at radius 2 is 1.89 bits per heavy atom. The molecule has 1 aliphatic carbocycles. The zero-order valence-electron chi connectivity index (χ0n) is 12.3. The van der Waals surface area contributed by atoms with Crippen molar-refractivity contribution in [2.75, 3.05) is 0 Å². The molecule has 1 fully saturated rings. The topological polar surface area (TPSA) is 38.3 Å². The zero-order valence-corrected chi connectivity index (χ0v) is 12.3. The molecule has 0 bridgehead atoms. The molecule has 3 nitrogen and oxygen atoms in total. The summed E-state index contributed by atoms with van der Waals surface area (Å²) in [6.07, 6.45) is 1.30. The second-order valence-electron chi connectivity index (χ2n) is 6.58. The van der Waals surface area contributed by atoms with Gasteiger partial charge in [0.2, 0.25) is 5.92 Å². The van der Waals surface area contributed by atoms with Crippen molar-refractivity contribution in [3.63, 3.8) is 0 Å². The summed E-state index contributed by atoms with van der Waals surface area (Å²) in [4.78, 5) is 11.6. The number of hydrogen-bond donors (Lipinski definition) is 1. The molecule has 5 heteroatoms. The van der Waals surface area contributed by atoms with Crippen molar-refractivity contribution in [1.29, 1.82) is 0 Å². The molecular weight excluding hydrogens is 252 g/mol. The third kappa shape index (κ3) is 6.73. The summed E-state index contributed by atoms with van der Waals surface area (Å²) in [7, 11) is 0. The number of carbonyl (C=O) groups is 1. The number of alkyl halides is 2. The molecule has 0 aromatic carbocycles. The van der Waals surface area contributed by atoms with Crippen molar-refractivity contribution in [3.05, 3.63) is 0 Å². The van der Waals surface area contributed by atoms with Crippen LogP contribution < -0.4 is 5.32 Å². The monoisotopic (exact) mass is 277 g/mol. The fourth-order valence-corrected chi connectivity index (χ4v) is 2.40. The minimum atomic E-state index is -2.49. The number of rotatable bonds is 3. The number of hydrogen-bond acceptors (Lipinski definition) is 2. The second kappa shape index (κ2) is 6.06. The molecule has 19 heavy (non-hydrogen) atoms. The highest BCUT2D eigenvalue weighted by molar-refractivity contribution is 5.67. The van der Waals surface area contributed by atoms with Gasteiger partial charge >= 0.3 is 6.09 Å². The summed E-state index contributed by atoms with van der Waals surface area (Å²) in [6, 6.07) is -0.0495. The lowest BCUT2D eigenvalue weighted by Gasteiger charge is -2.30. The van der Waals surface area contributed by atoms with E-state index in [1.54, 1.807) is 20.8 Å². The maximum absolute atomic E-state index is 13.0. The van der Waals surface area contributed by atoms with Crippen LogP contribution in [0.25, 0.3) is 0 Å². The van der Waals surface area contributed by atoms with Gasteiger partial charge < -0.3 is 10.1 Å². The fourth-order valence-electron chi connectivity index (χ4n) is 2.40. The van der Waals surface area contributed by atoms with Crippen LogP contribution in [0.2, 0.25) is 0 Å². The van der Waals surface area contributed by atoms with Crippen molar-refractivity contribution in [2.24, 2.45) is 5.92 Å². The molecule has 0 aliphatic heterocycles. The molecule has 1 atom stereocenters. The van der Waals surface area contributed by atoms with Gasteiger partial charge in [-0.2, -0.15) is 0 Å². The van der Waals surface area contributed by atoms with Crippen LogP contribution in [0.4, 0.5) is 13.6 Å². The molecule has 0 aromatic rings. The Bertz CT molecular complexity index is 303. The molecule has 0 heterocycles. The largest absolute Gasteiger partial charge is 0.444 e. The van der Waals surface area contributed by atoms with Gasteiger partial charge in [0.1, 0.15) is 5.60 Å². The van der Waals surface area contributed by atoms with Gasteiger partial charge in [-0.25, -0.2) is 13.6 Å². The van der Waals surface area contributed by atoms with Gasteiger partial charge in [-0.1, -0.05) is 0 Å². The first-order chi connectivity index (χ1) is 8.57. The van der Waals surface area contributed by atoms with E-state index in [0.717, 1.165) is 6.42 Å². The number of ether oxygens (including phenoxy) is 1. The molecule has 1 aliphatic rings. The molecule has 0 radical (unpaired) electrons. The van der Waals surface area contributed by atoms with Crippen LogP contribution in [0.15, 0.2) is 0 Å². The van der Waals surface area contributed by atoms with E-state index in [0.29, 0.717) is 12.8 Å². The number of carbonyl (C=O) groups excluding carboxylic acids is 1. The molecule has 0 spiro atoms. The van der Waals surface area contributed by atoms with Crippen LogP contribution in [0.5, 0.6) is 0 Å². The highest BCUT2D eigenvalue weighted by Crippen LogP contribution is 2.37. The van der Waals surface area contributed by atoms with Gasteiger partial charge in [0, 0.05) is 18.9 Å². The van der Waals surface area contributed by atoms with Crippen LogP contribution in [-0.2, 0) is 4.74 Å². The minimum Gasteiger partial charge on any atom is -0.444 e. The number of amides is 1. The van der Waals surface area contributed by atoms with Gasteiger partial charge in [-0.05, 0) is 52.9 Å². The first-order valence-corrected chi connectivity index (χ1v) is 6.95. The summed E-state index contributed by atoms with van der Waals surface area (Å²) >= 11 is 0. The average molecular weight is 277 g/mol. The number of nitrogens with one attached hydrogen (secondary N) is 1. The summed E-state index contributed by atoms with van der Waals surface area (Å²) in [5.74, 6) is -2.22. The minimum absolute atomic E-state index is 0.0309. The van der Waals surface area contributed by atoms with Crippen molar-refractivity contribution < 1.29 is 18.3 Å². The number of halogens is 2. The van der Waals surface area contributed by atoms with Crippen LogP contribution in [0.3, 0.4) is 0 Å². The molecule has 1 amide bonds. The van der Waals surface area contributed by atoms with E-state index in [-0.39, 0.29) is 24.8 Å². The van der Waals surface area contributed by atoms with Crippen LogP contribution in [0.1, 0.15) is 59.8 Å². The first kappa shape index (κ1) is 16.2. The average Bonchev–Trinajstić information content (AvgIpc) is 2.18. The van der Waals surface area contributed by atoms with Gasteiger partial charge in [0.15, 0.2) is 0 Å². The van der Waals surface area contributed by atoms with Crippen LogP contribution >= 0.6 is 0 Å². The molecule has 0 unspecified atom stereocenters. The van der Waals surface area contributed by atoms with E-state index >= 15 is 0 Å². The maximum Gasteiger partial charge on any atom is 0.407 e. The van der Waals surface area contributed by atoms with E-state index < -0.39 is 17.6 Å². The molecule has 0 saturated heterocycles. The summed E-state index contributed by atoms with van der Waals surface area (Å²) < 4.78 is 31.2. The van der Waals surface area contributed by atoms with Crippen LogP contribution in [-0.4, -0.2) is 23.7 Å². The van der Waals surface area contributed by atoms with E-state index in [9.17, 15) is 13.6 Å². The SMILES string of the molecule is C[C@@H](CC1CCC(F)(F)CC1)NC(=O)OC(C)(C)C. The molecule has 112 valence electrons. The Labute approximate surface area is 114 Å². The molecule has 1 saturated carbocycles. The van der Waals surface area contributed by atoms with E-state index in [2.05, 4.69) is 5.32 Å². The van der Waals surface area contributed by atoms with Crippen molar-refractivity contribution >= 4 is 6.09 Å². The van der Waals surface area contributed by atoms with E-state index in [1.165, 1.54) is 0 Å². The maximum atomic E-state index is 13.0. The summed E-state index contributed by atoms with van der Waals surface area (Å²) in [5, 5.41) is 2.76. The molecule has 1 N–H and O–H groups in total. The van der Waals surface area contributed by atoms with Crippen molar-refractivity contribution in [3.8, 4) is 0 Å². The lowest BCUT2D eigenvalue weighted by atomic mass is 9.83. The van der Waals surface area contributed by atoms with Gasteiger partial charge in [0.05, 0.1) is 0 Å². The number of alkyl carbamates (subject to hydrolysis) is 1. The van der Waals surface area contributed by atoms with Gasteiger partial charge in [0.25, 0.3) is 0 Å². The highest BCUT2D eigenvalue weighted by atomic mass is 19.3. The standard InChI is InChI=1S/C14H25F2NO2/c1-10(17-12(18)19-13(2,3)4)9-11-5-7-14(15,16)8-6-11/h10-11H,5-9H2,1-4H3,(H,17,18)/t10-/m0/s1.